The SMILES string of the molecule is C#CC1CCN(c2nc3cc(C4CCCCN4C(=O)c4cc(Cl)ccc4N)nn3cc2C)C1. The summed E-state index contributed by atoms with van der Waals surface area (Å²) in [6.45, 7) is 4.44. The summed E-state index contributed by atoms with van der Waals surface area (Å²) >= 11 is 6.14. The Bertz CT molecular complexity index is 1260. The Morgan fingerprint density at radius 2 is 2.09 bits per heavy atom. The smallest absolute Gasteiger partial charge is 0.256 e. The molecular formula is C25H27ClN6O. The van der Waals surface area contributed by atoms with E-state index in [1.165, 1.54) is 0 Å². The van der Waals surface area contributed by atoms with Crippen LogP contribution in [0, 0.1) is 25.2 Å². The van der Waals surface area contributed by atoms with Crippen LogP contribution in [0.2, 0.25) is 5.02 Å². The van der Waals surface area contributed by atoms with Gasteiger partial charge in [0.25, 0.3) is 5.91 Å². The zero-order valence-corrected chi connectivity index (χ0v) is 19.4. The molecule has 2 aliphatic heterocycles. The fourth-order valence-corrected chi connectivity index (χ4v) is 5.11. The number of rotatable bonds is 3. The van der Waals surface area contributed by atoms with Crippen LogP contribution in [0.4, 0.5) is 11.5 Å². The van der Waals surface area contributed by atoms with E-state index in [0.717, 1.165) is 61.5 Å². The Hall–Kier alpha value is -3.24. The summed E-state index contributed by atoms with van der Waals surface area (Å²) in [5.74, 6) is 3.97. The lowest BCUT2D eigenvalue weighted by Crippen LogP contribution is -2.39. The summed E-state index contributed by atoms with van der Waals surface area (Å²) in [6, 6.07) is 6.88. The lowest BCUT2D eigenvalue weighted by Gasteiger charge is -2.35. The summed E-state index contributed by atoms with van der Waals surface area (Å²) in [7, 11) is 0. The second kappa shape index (κ2) is 8.60. The second-order valence-corrected chi connectivity index (χ2v) is 9.40. The van der Waals surface area contributed by atoms with Crippen LogP contribution in [0.5, 0.6) is 0 Å². The Labute approximate surface area is 198 Å². The lowest BCUT2D eigenvalue weighted by atomic mass is 9.98. The van der Waals surface area contributed by atoms with Gasteiger partial charge in [-0.1, -0.05) is 11.6 Å². The maximum atomic E-state index is 13.4. The van der Waals surface area contributed by atoms with Crippen molar-refractivity contribution in [1.82, 2.24) is 19.5 Å². The van der Waals surface area contributed by atoms with Gasteiger partial charge in [0.1, 0.15) is 5.82 Å². The first kappa shape index (κ1) is 21.6. The number of nitrogen functional groups attached to an aromatic ring is 1. The monoisotopic (exact) mass is 462 g/mol. The van der Waals surface area contributed by atoms with Crippen molar-refractivity contribution in [3.63, 3.8) is 0 Å². The van der Waals surface area contributed by atoms with Crippen LogP contribution < -0.4 is 10.6 Å². The summed E-state index contributed by atoms with van der Waals surface area (Å²) in [5, 5.41) is 5.31. The van der Waals surface area contributed by atoms with Gasteiger partial charge in [-0.2, -0.15) is 5.10 Å². The molecule has 2 aromatic heterocycles. The number of amides is 1. The third kappa shape index (κ3) is 4.00. The second-order valence-electron chi connectivity index (χ2n) is 8.96. The van der Waals surface area contributed by atoms with Gasteiger partial charge in [-0.25, -0.2) is 9.50 Å². The molecule has 33 heavy (non-hydrogen) atoms. The quantitative estimate of drug-likeness (QED) is 0.468. The molecule has 0 spiro atoms. The number of carbonyl (C=O) groups excluding carboxylic acids is 1. The first-order valence-corrected chi connectivity index (χ1v) is 11.8. The zero-order valence-electron chi connectivity index (χ0n) is 18.7. The van der Waals surface area contributed by atoms with Crippen LogP contribution in [0.3, 0.4) is 0 Å². The maximum Gasteiger partial charge on any atom is 0.256 e. The number of nitrogens with zero attached hydrogens (tertiary/aromatic N) is 5. The fourth-order valence-electron chi connectivity index (χ4n) is 4.94. The van der Waals surface area contributed by atoms with Crippen LogP contribution in [0.1, 0.15) is 53.3 Å². The first-order valence-electron chi connectivity index (χ1n) is 11.4. The van der Waals surface area contributed by atoms with Crippen molar-refractivity contribution in [2.75, 3.05) is 30.3 Å². The minimum absolute atomic E-state index is 0.112. The van der Waals surface area contributed by atoms with Gasteiger partial charge in [0.05, 0.1) is 17.3 Å². The van der Waals surface area contributed by atoms with Gasteiger partial charge in [-0.3, -0.25) is 4.79 Å². The van der Waals surface area contributed by atoms with Crippen molar-refractivity contribution < 1.29 is 4.79 Å². The van der Waals surface area contributed by atoms with Crippen molar-refractivity contribution in [2.24, 2.45) is 5.92 Å². The number of anilines is 2. The molecule has 3 aromatic rings. The number of benzene rings is 1. The number of piperidine rings is 1. The van der Waals surface area contributed by atoms with Gasteiger partial charge in [0.2, 0.25) is 0 Å². The van der Waals surface area contributed by atoms with Gasteiger partial charge in [-0.15, -0.1) is 12.3 Å². The standard InChI is InChI=1S/C25H27ClN6O/c1-3-17-9-11-30(15-17)24-16(2)14-32-23(28-24)13-21(29-32)22-6-4-5-10-31(22)25(33)19-12-18(26)7-8-20(19)27/h1,7-8,12-14,17,22H,4-6,9-11,15,27H2,2H3. The molecule has 170 valence electrons. The summed E-state index contributed by atoms with van der Waals surface area (Å²) < 4.78 is 1.81. The van der Waals surface area contributed by atoms with Crippen LogP contribution in [-0.2, 0) is 0 Å². The van der Waals surface area contributed by atoms with Crippen molar-refractivity contribution in [3.8, 4) is 12.3 Å². The minimum Gasteiger partial charge on any atom is -0.398 e. The van der Waals surface area contributed by atoms with E-state index in [1.54, 1.807) is 18.2 Å². The molecule has 2 fully saturated rings. The number of aromatic nitrogens is 3. The van der Waals surface area contributed by atoms with Gasteiger partial charge >= 0.3 is 0 Å². The fraction of sp³-hybridized carbons (Fsp3) is 0.400. The van der Waals surface area contributed by atoms with Crippen molar-refractivity contribution in [3.05, 3.63) is 52.3 Å². The summed E-state index contributed by atoms with van der Waals surface area (Å²) in [5.41, 5.74) is 9.64. The molecule has 7 nitrogen and oxygen atoms in total. The molecule has 5 rings (SSSR count). The molecule has 2 unspecified atom stereocenters. The highest BCUT2D eigenvalue weighted by molar-refractivity contribution is 6.31. The molecule has 0 bridgehead atoms. The van der Waals surface area contributed by atoms with E-state index >= 15 is 0 Å². The summed E-state index contributed by atoms with van der Waals surface area (Å²) in [4.78, 5) is 22.5. The predicted octanol–water partition coefficient (Wildman–Crippen LogP) is 4.10. The van der Waals surface area contributed by atoms with Crippen LogP contribution in [-0.4, -0.2) is 45.0 Å². The number of nitrogens with two attached hydrogens (primary N) is 1. The molecule has 2 N–H and O–H groups in total. The molecule has 8 heteroatoms. The summed E-state index contributed by atoms with van der Waals surface area (Å²) in [6.07, 6.45) is 11.4. The van der Waals surface area contributed by atoms with E-state index in [9.17, 15) is 4.79 Å². The third-order valence-electron chi connectivity index (χ3n) is 6.70. The largest absolute Gasteiger partial charge is 0.398 e. The molecule has 2 aliphatic rings. The average molecular weight is 463 g/mol. The van der Waals surface area contributed by atoms with E-state index in [2.05, 4.69) is 10.8 Å². The van der Waals surface area contributed by atoms with Crippen LogP contribution in [0.15, 0.2) is 30.5 Å². The molecule has 0 aliphatic carbocycles. The number of hydrogen-bond acceptors (Lipinski definition) is 5. The Kier molecular flexibility index (Phi) is 5.63. The number of aryl methyl sites for hydroxylation is 1. The lowest BCUT2D eigenvalue weighted by molar-refractivity contribution is 0.0607. The maximum absolute atomic E-state index is 13.4. The van der Waals surface area contributed by atoms with Gasteiger partial charge < -0.3 is 15.5 Å². The molecule has 0 radical (unpaired) electrons. The molecule has 1 amide bonds. The normalized spacial score (nSPS) is 20.9. The Balaban J connectivity index is 1.47. The van der Waals surface area contributed by atoms with Gasteiger partial charge in [0, 0.05) is 54.1 Å². The number of hydrogen-bond donors (Lipinski definition) is 1. The third-order valence-corrected chi connectivity index (χ3v) is 6.93. The minimum atomic E-state index is -0.132. The van der Waals surface area contributed by atoms with E-state index in [0.29, 0.717) is 22.8 Å². The predicted molar refractivity (Wildman–Crippen MR) is 130 cm³/mol. The van der Waals surface area contributed by atoms with E-state index in [1.807, 2.05) is 28.6 Å². The van der Waals surface area contributed by atoms with Gasteiger partial charge in [0.15, 0.2) is 5.65 Å². The highest BCUT2D eigenvalue weighted by Crippen LogP contribution is 2.34. The van der Waals surface area contributed by atoms with E-state index < -0.39 is 0 Å². The van der Waals surface area contributed by atoms with Gasteiger partial charge in [-0.05, 0) is 50.8 Å². The highest BCUT2D eigenvalue weighted by Gasteiger charge is 2.32. The topological polar surface area (TPSA) is 79.8 Å². The number of carbonyl (C=O) groups is 1. The number of likely N-dealkylation sites (tertiary alicyclic amines) is 1. The molecule has 4 heterocycles. The Morgan fingerprint density at radius 3 is 2.88 bits per heavy atom. The molecule has 2 saturated heterocycles. The van der Waals surface area contributed by atoms with Crippen LogP contribution >= 0.6 is 11.6 Å². The average Bonchev–Trinajstić information content (AvgIpc) is 3.46. The van der Waals surface area contributed by atoms with E-state index in [-0.39, 0.29) is 17.9 Å². The first-order chi connectivity index (χ1) is 15.9. The number of fused-ring (bicyclic) bond motifs is 1. The molecular weight excluding hydrogens is 436 g/mol. The molecule has 0 saturated carbocycles. The number of terminal acetylenes is 1. The zero-order chi connectivity index (χ0) is 23.1. The van der Waals surface area contributed by atoms with Crippen molar-refractivity contribution in [2.45, 2.75) is 38.6 Å². The molecule has 2 atom stereocenters. The highest BCUT2D eigenvalue weighted by atomic mass is 35.5. The van der Waals surface area contributed by atoms with Crippen LogP contribution in [0.25, 0.3) is 5.65 Å². The number of halogens is 1. The molecule has 1 aromatic carbocycles. The van der Waals surface area contributed by atoms with Crippen molar-refractivity contribution >= 4 is 34.7 Å². The van der Waals surface area contributed by atoms with Crippen molar-refractivity contribution in [1.29, 1.82) is 0 Å². The van der Waals surface area contributed by atoms with E-state index in [4.69, 9.17) is 33.8 Å². The Morgan fingerprint density at radius 1 is 1.24 bits per heavy atom.